The van der Waals surface area contributed by atoms with Crippen molar-refractivity contribution in [3.63, 3.8) is 0 Å². The normalized spacial score (nSPS) is 14.1. The first kappa shape index (κ1) is 13.9. The number of anilines is 1. The topological polar surface area (TPSA) is 42.7 Å². The van der Waals surface area contributed by atoms with E-state index in [4.69, 9.17) is 11.6 Å². The molecular formula is C14H19ClN4. The van der Waals surface area contributed by atoms with Crippen molar-refractivity contribution in [2.75, 3.05) is 5.32 Å². The van der Waals surface area contributed by atoms with E-state index >= 15 is 0 Å². The van der Waals surface area contributed by atoms with Crippen LogP contribution in [0.4, 0.5) is 5.69 Å². The first-order chi connectivity index (χ1) is 9.11. The number of benzene rings is 1. The zero-order valence-corrected chi connectivity index (χ0v) is 12.2. The Morgan fingerprint density at radius 3 is 2.79 bits per heavy atom. The van der Waals surface area contributed by atoms with Crippen molar-refractivity contribution in [1.82, 2.24) is 14.8 Å². The molecule has 4 nitrogen and oxygen atoms in total. The van der Waals surface area contributed by atoms with E-state index in [1.807, 2.05) is 18.2 Å². The molecule has 0 amide bonds. The highest BCUT2D eigenvalue weighted by Crippen LogP contribution is 2.26. The molecule has 1 aromatic heterocycles. The summed E-state index contributed by atoms with van der Waals surface area (Å²) in [5.41, 5.74) is 1.93. The quantitative estimate of drug-likeness (QED) is 0.905. The zero-order chi connectivity index (χ0) is 13.8. The van der Waals surface area contributed by atoms with Crippen LogP contribution in [-0.2, 0) is 0 Å². The van der Waals surface area contributed by atoms with E-state index in [9.17, 15) is 0 Å². The Bertz CT molecular complexity index is 524. The number of hydrogen-bond donors (Lipinski definition) is 1. The van der Waals surface area contributed by atoms with E-state index < -0.39 is 0 Å². The van der Waals surface area contributed by atoms with Crippen LogP contribution >= 0.6 is 11.6 Å². The number of aromatic nitrogens is 3. The van der Waals surface area contributed by atoms with Gasteiger partial charge in [0, 0.05) is 11.1 Å². The van der Waals surface area contributed by atoms with Gasteiger partial charge in [0.15, 0.2) is 0 Å². The Morgan fingerprint density at radius 1 is 1.37 bits per heavy atom. The van der Waals surface area contributed by atoms with Gasteiger partial charge in [0.05, 0.1) is 11.4 Å². The van der Waals surface area contributed by atoms with Gasteiger partial charge in [-0.25, -0.2) is 9.67 Å². The van der Waals surface area contributed by atoms with Crippen LogP contribution in [0.25, 0.3) is 5.69 Å². The molecule has 2 aromatic rings. The summed E-state index contributed by atoms with van der Waals surface area (Å²) in [5, 5.41) is 8.40. The van der Waals surface area contributed by atoms with Gasteiger partial charge in [-0.3, -0.25) is 0 Å². The first-order valence-electron chi connectivity index (χ1n) is 6.53. The SMILES string of the molecule is CCC(C)C(C)Nc1cc(Cl)ccc1-n1cncn1. The zero-order valence-electron chi connectivity index (χ0n) is 11.5. The molecule has 19 heavy (non-hydrogen) atoms. The minimum absolute atomic E-state index is 0.366. The molecule has 5 heteroatoms. The monoisotopic (exact) mass is 278 g/mol. The molecule has 1 heterocycles. The van der Waals surface area contributed by atoms with Crippen molar-refractivity contribution in [3.05, 3.63) is 35.9 Å². The fraction of sp³-hybridized carbons (Fsp3) is 0.429. The molecule has 0 saturated heterocycles. The second kappa shape index (κ2) is 6.06. The van der Waals surface area contributed by atoms with E-state index in [-0.39, 0.29) is 0 Å². The van der Waals surface area contributed by atoms with Gasteiger partial charge in [-0.1, -0.05) is 31.9 Å². The smallest absolute Gasteiger partial charge is 0.138 e. The minimum Gasteiger partial charge on any atom is -0.381 e. The van der Waals surface area contributed by atoms with Crippen molar-refractivity contribution in [1.29, 1.82) is 0 Å². The summed E-state index contributed by atoms with van der Waals surface area (Å²) in [6.07, 6.45) is 4.34. The number of rotatable bonds is 5. The van der Waals surface area contributed by atoms with Gasteiger partial charge in [0.2, 0.25) is 0 Å². The van der Waals surface area contributed by atoms with Crippen LogP contribution in [0.1, 0.15) is 27.2 Å². The summed E-state index contributed by atoms with van der Waals surface area (Å²) in [6.45, 7) is 6.61. The average molecular weight is 279 g/mol. The summed E-state index contributed by atoms with van der Waals surface area (Å²) in [7, 11) is 0. The largest absolute Gasteiger partial charge is 0.381 e. The highest BCUT2D eigenvalue weighted by atomic mass is 35.5. The van der Waals surface area contributed by atoms with E-state index in [1.165, 1.54) is 6.33 Å². The molecule has 102 valence electrons. The van der Waals surface area contributed by atoms with E-state index in [2.05, 4.69) is 36.2 Å². The molecule has 0 aliphatic rings. The van der Waals surface area contributed by atoms with Gasteiger partial charge in [-0.2, -0.15) is 5.10 Å². The lowest BCUT2D eigenvalue weighted by Gasteiger charge is -2.22. The van der Waals surface area contributed by atoms with Crippen LogP contribution in [-0.4, -0.2) is 20.8 Å². The maximum absolute atomic E-state index is 6.09. The summed E-state index contributed by atoms with van der Waals surface area (Å²) in [6, 6.07) is 6.10. The summed E-state index contributed by atoms with van der Waals surface area (Å²) < 4.78 is 1.74. The fourth-order valence-corrected chi connectivity index (χ4v) is 2.07. The number of nitrogens with zero attached hydrogens (tertiary/aromatic N) is 3. The molecular weight excluding hydrogens is 260 g/mol. The molecule has 0 fully saturated rings. The van der Waals surface area contributed by atoms with E-state index in [0.717, 1.165) is 17.8 Å². The van der Waals surface area contributed by atoms with Crippen molar-refractivity contribution >= 4 is 17.3 Å². The third kappa shape index (κ3) is 3.26. The summed E-state index contributed by atoms with van der Waals surface area (Å²) >= 11 is 6.09. The van der Waals surface area contributed by atoms with Gasteiger partial charge < -0.3 is 5.32 Å². The Morgan fingerprint density at radius 2 is 2.16 bits per heavy atom. The standard InChI is InChI=1S/C14H19ClN4/c1-4-10(2)11(3)18-13-7-12(15)5-6-14(13)19-9-16-8-17-19/h5-11,18H,4H2,1-3H3. The average Bonchev–Trinajstić information content (AvgIpc) is 2.91. The lowest BCUT2D eigenvalue weighted by molar-refractivity contribution is 0.494. The second-order valence-corrected chi connectivity index (χ2v) is 5.26. The lowest BCUT2D eigenvalue weighted by atomic mass is 10.0. The maximum Gasteiger partial charge on any atom is 0.138 e. The third-order valence-electron chi connectivity index (χ3n) is 3.50. The highest BCUT2D eigenvalue weighted by Gasteiger charge is 2.13. The van der Waals surface area contributed by atoms with Crippen LogP contribution < -0.4 is 5.32 Å². The predicted molar refractivity (Wildman–Crippen MR) is 78.9 cm³/mol. The Kier molecular flexibility index (Phi) is 4.43. The van der Waals surface area contributed by atoms with Crippen LogP contribution in [0.2, 0.25) is 5.02 Å². The summed E-state index contributed by atoms with van der Waals surface area (Å²) in [4.78, 5) is 3.98. The molecule has 0 radical (unpaired) electrons. The van der Waals surface area contributed by atoms with Crippen LogP contribution in [0, 0.1) is 5.92 Å². The second-order valence-electron chi connectivity index (χ2n) is 4.82. The van der Waals surface area contributed by atoms with Crippen LogP contribution in [0.15, 0.2) is 30.9 Å². The first-order valence-corrected chi connectivity index (χ1v) is 6.90. The molecule has 2 unspecified atom stereocenters. The number of hydrogen-bond acceptors (Lipinski definition) is 3. The Labute approximate surface area is 118 Å². The highest BCUT2D eigenvalue weighted by molar-refractivity contribution is 6.31. The van der Waals surface area contributed by atoms with E-state index in [1.54, 1.807) is 11.0 Å². The molecule has 1 aromatic carbocycles. The predicted octanol–water partition coefficient (Wildman–Crippen LogP) is 3.77. The van der Waals surface area contributed by atoms with Crippen molar-refractivity contribution in [2.24, 2.45) is 5.92 Å². The Hall–Kier alpha value is -1.55. The molecule has 0 saturated carbocycles. The van der Waals surface area contributed by atoms with Gasteiger partial charge in [-0.05, 0) is 31.0 Å². The Balaban J connectivity index is 2.30. The third-order valence-corrected chi connectivity index (χ3v) is 3.74. The van der Waals surface area contributed by atoms with Crippen LogP contribution in [0.5, 0.6) is 0 Å². The molecule has 0 bridgehead atoms. The van der Waals surface area contributed by atoms with E-state index in [0.29, 0.717) is 17.0 Å². The van der Waals surface area contributed by atoms with Crippen molar-refractivity contribution in [3.8, 4) is 5.69 Å². The molecule has 2 rings (SSSR count). The van der Waals surface area contributed by atoms with Gasteiger partial charge in [0.1, 0.15) is 12.7 Å². The number of halogens is 1. The number of nitrogens with one attached hydrogen (secondary N) is 1. The summed E-state index contributed by atoms with van der Waals surface area (Å²) in [5.74, 6) is 0.586. The molecule has 0 aliphatic heterocycles. The van der Waals surface area contributed by atoms with Crippen molar-refractivity contribution < 1.29 is 0 Å². The molecule has 0 aliphatic carbocycles. The van der Waals surface area contributed by atoms with Crippen LogP contribution in [0.3, 0.4) is 0 Å². The van der Waals surface area contributed by atoms with Gasteiger partial charge in [-0.15, -0.1) is 0 Å². The molecule has 2 atom stereocenters. The lowest BCUT2D eigenvalue weighted by Crippen LogP contribution is -2.24. The van der Waals surface area contributed by atoms with Crippen molar-refractivity contribution in [2.45, 2.75) is 33.2 Å². The maximum atomic E-state index is 6.09. The fourth-order valence-electron chi connectivity index (χ4n) is 1.90. The molecule has 0 spiro atoms. The van der Waals surface area contributed by atoms with Gasteiger partial charge in [0.25, 0.3) is 0 Å². The minimum atomic E-state index is 0.366. The van der Waals surface area contributed by atoms with Gasteiger partial charge >= 0.3 is 0 Å². The molecule has 1 N–H and O–H groups in total.